The minimum absolute atomic E-state index is 0.238. The van der Waals surface area contributed by atoms with Gasteiger partial charge < -0.3 is 19.9 Å². The number of hydrogen-bond donors (Lipinski definition) is 2. The zero-order valence-electron chi connectivity index (χ0n) is 21.5. The Hall–Kier alpha value is -3.83. The Morgan fingerprint density at radius 1 is 1.22 bits per heavy atom. The molecular formula is C28H34N6O2. The van der Waals surface area contributed by atoms with Gasteiger partial charge in [-0.3, -0.25) is 9.88 Å². The summed E-state index contributed by atoms with van der Waals surface area (Å²) >= 11 is 0. The van der Waals surface area contributed by atoms with Crippen molar-refractivity contribution in [1.82, 2.24) is 19.8 Å². The summed E-state index contributed by atoms with van der Waals surface area (Å²) in [7, 11) is 0. The molecule has 0 atom stereocenters. The standard InChI is InChI=1S/C28H34N6O2/c1-20-23-10-11-31-25(23)9-8-24(20)32-26-21(18-30-19-22(26)17-29)7-5-6-12-33-13-15-34(16-14-33)27(35)36-28(2,3)4/h5,7-11,18-19,31H,6,12-16H2,1-4H3,(H,30,32). The van der Waals surface area contributed by atoms with Crippen molar-refractivity contribution in [3.63, 3.8) is 0 Å². The first-order valence-corrected chi connectivity index (χ1v) is 12.3. The fraction of sp³-hybridized carbons (Fsp3) is 0.393. The molecule has 0 spiro atoms. The highest BCUT2D eigenvalue weighted by atomic mass is 16.6. The van der Waals surface area contributed by atoms with Crippen molar-refractivity contribution in [1.29, 1.82) is 5.26 Å². The zero-order chi connectivity index (χ0) is 25.7. The van der Waals surface area contributed by atoms with Gasteiger partial charge in [-0.15, -0.1) is 0 Å². The normalized spacial score (nSPS) is 14.8. The monoisotopic (exact) mass is 486 g/mol. The number of hydrogen-bond acceptors (Lipinski definition) is 6. The molecule has 8 nitrogen and oxygen atoms in total. The number of amides is 1. The Balaban J connectivity index is 1.37. The first-order chi connectivity index (χ1) is 17.2. The first kappa shape index (κ1) is 25.3. The quantitative estimate of drug-likeness (QED) is 0.481. The highest BCUT2D eigenvalue weighted by Crippen LogP contribution is 2.30. The number of benzene rings is 1. The SMILES string of the molecule is Cc1c(Nc2c(C#N)cncc2C=CCCN2CCN(C(=O)OC(C)(C)C)CC2)ccc2[nH]ccc12. The van der Waals surface area contributed by atoms with Crippen LogP contribution in [0.4, 0.5) is 16.2 Å². The number of nitrogens with one attached hydrogen (secondary N) is 2. The number of anilines is 2. The second-order valence-electron chi connectivity index (χ2n) is 10.1. The molecule has 1 aromatic carbocycles. The number of H-pyrrole nitrogens is 1. The molecule has 188 valence electrons. The summed E-state index contributed by atoms with van der Waals surface area (Å²) < 4.78 is 5.48. The molecule has 8 heteroatoms. The lowest BCUT2D eigenvalue weighted by Crippen LogP contribution is -2.50. The molecule has 0 saturated carbocycles. The maximum absolute atomic E-state index is 12.3. The molecule has 1 amide bonds. The van der Waals surface area contributed by atoms with E-state index in [2.05, 4.69) is 45.3 Å². The van der Waals surface area contributed by atoms with Crippen molar-refractivity contribution in [2.45, 2.75) is 39.7 Å². The average Bonchev–Trinajstić information content (AvgIpc) is 3.33. The summed E-state index contributed by atoms with van der Waals surface area (Å²) in [4.78, 5) is 23.9. The van der Waals surface area contributed by atoms with Gasteiger partial charge in [-0.1, -0.05) is 12.2 Å². The zero-order valence-corrected chi connectivity index (χ0v) is 21.5. The van der Waals surface area contributed by atoms with E-state index in [1.54, 1.807) is 17.3 Å². The third kappa shape index (κ3) is 6.04. The van der Waals surface area contributed by atoms with Crippen molar-refractivity contribution in [3.05, 3.63) is 59.6 Å². The number of nitrogens with zero attached hydrogens (tertiary/aromatic N) is 4. The summed E-state index contributed by atoms with van der Waals surface area (Å²) in [6, 6.07) is 8.38. The number of nitriles is 1. The molecule has 1 aliphatic rings. The second kappa shape index (κ2) is 10.8. The van der Waals surface area contributed by atoms with Crippen LogP contribution in [0.5, 0.6) is 0 Å². The Morgan fingerprint density at radius 2 is 2.00 bits per heavy atom. The number of rotatable bonds is 6. The first-order valence-electron chi connectivity index (χ1n) is 12.3. The average molecular weight is 487 g/mol. The highest BCUT2D eigenvalue weighted by Gasteiger charge is 2.25. The van der Waals surface area contributed by atoms with E-state index in [9.17, 15) is 10.1 Å². The number of carbonyl (C=O) groups excluding carboxylic acids is 1. The van der Waals surface area contributed by atoms with E-state index in [0.29, 0.717) is 18.7 Å². The van der Waals surface area contributed by atoms with Crippen LogP contribution in [-0.4, -0.2) is 64.2 Å². The molecule has 0 bridgehead atoms. The molecule has 0 unspecified atom stereocenters. The summed E-state index contributed by atoms with van der Waals surface area (Å²) in [5.74, 6) is 0. The van der Waals surface area contributed by atoms with Crippen LogP contribution in [0.2, 0.25) is 0 Å². The van der Waals surface area contributed by atoms with E-state index in [4.69, 9.17) is 4.74 Å². The Labute approximate surface area is 212 Å². The molecule has 1 aliphatic heterocycles. The molecule has 0 radical (unpaired) electrons. The van der Waals surface area contributed by atoms with E-state index in [0.717, 1.165) is 59.5 Å². The van der Waals surface area contributed by atoms with E-state index >= 15 is 0 Å². The van der Waals surface area contributed by atoms with Gasteiger partial charge in [0.15, 0.2) is 0 Å². The van der Waals surface area contributed by atoms with Gasteiger partial charge in [0.25, 0.3) is 0 Å². The van der Waals surface area contributed by atoms with Crippen molar-refractivity contribution < 1.29 is 9.53 Å². The third-order valence-electron chi connectivity index (χ3n) is 6.29. The number of piperazine rings is 1. The minimum atomic E-state index is -0.474. The van der Waals surface area contributed by atoms with E-state index in [1.807, 2.05) is 45.2 Å². The highest BCUT2D eigenvalue weighted by molar-refractivity contribution is 5.89. The van der Waals surface area contributed by atoms with Crippen LogP contribution in [0.3, 0.4) is 0 Å². The van der Waals surface area contributed by atoms with Gasteiger partial charge in [-0.25, -0.2) is 4.79 Å². The fourth-order valence-electron chi connectivity index (χ4n) is 4.33. The van der Waals surface area contributed by atoms with Gasteiger partial charge in [0.1, 0.15) is 11.7 Å². The molecule has 1 fully saturated rings. The second-order valence-corrected chi connectivity index (χ2v) is 10.1. The van der Waals surface area contributed by atoms with E-state index in [-0.39, 0.29) is 6.09 Å². The summed E-state index contributed by atoms with van der Waals surface area (Å²) in [5, 5.41) is 14.3. The van der Waals surface area contributed by atoms with Crippen LogP contribution < -0.4 is 5.32 Å². The van der Waals surface area contributed by atoms with Gasteiger partial charge in [-0.05, 0) is 57.9 Å². The fourth-order valence-corrected chi connectivity index (χ4v) is 4.33. The van der Waals surface area contributed by atoms with Crippen LogP contribution in [0.15, 0.2) is 42.9 Å². The van der Waals surface area contributed by atoms with Crippen LogP contribution >= 0.6 is 0 Å². The maximum atomic E-state index is 12.3. The molecule has 0 aliphatic carbocycles. The smallest absolute Gasteiger partial charge is 0.410 e. The molecule has 3 heterocycles. The predicted octanol–water partition coefficient (Wildman–Crippen LogP) is 5.44. The van der Waals surface area contributed by atoms with Crippen molar-refractivity contribution in [2.75, 3.05) is 38.0 Å². The van der Waals surface area contributed by atoms with Gasteiger partial charge in [0.2, 0.25) is 0 Å². The number of aryl methyl sites for hydroxylation is 1. The van der Waals surface area contributed by atoms with Crippen LogP contribution in [-0.2, 0) is 4.74 Å². The number of fused-ring (bicyclic) bond motifs is 1. The number of carbonyl (C=O) groups is 1. The largest absolute Gasteiger partial charge is 0.444 e. The van der Waals surface area contributed by atoms with Crippen LogP contribution in [0, 0.1) is 18.3 Å². The van der Waals surface area contributed by atoms with Gasteiger partial charge in [0.05, 0.1) is 11.3 Å². The van der Waals surface area contributed by atoms with Crippen molar-refractivity contribution in [3.8, 4) is 6.07 Å². The number of pyridine rings is 1. The number of aromatic nitrogens is 2. The van der Waals surface area contributed by atoms with Gasteiger partial charge in [-0.2, -0.15) is 5.26 Å². The number of aromatic amines is 1. The Kier molecular flexibility index (Phi) is 7.61. The summed E-state index contributed by atoms with van der Waals surface area (Å²) in [5.41, 5.74) is 4.82. The summed E-state index contributed by atoms with van der Waals surface area (Å²) in [6.45, 7) is 11.6. The molecule has 1 saturated heterocycles. The maximum Gasteiger partial charge on any atom is 0.410 e. The lowest BCUT2D eigenvalue weighted by atomic mass is 10.1. The van der Waals surface area contributed by atoms with Gasteiger partial charge >= 0.3 is 6.09 Å². The Bertz CT molecular complexity index is 1290. The predicted molar refractivity (Wildman–Crippen MR) is 143 cm³/mol. The molecule has 3 aromatic rings. The van der Waals surface area contributed by atoms with Crippen molar-refractivity contribution in [2.24, 2.45) is 0 Å². The van der Waals surface area contributed by atoms with Crippen molar-refractivity contribution >= 4 is 34.4 Å². The molecule has 4 rings (SSSR count). The lowest BCUT2D eigenvalue weighted by Gasteiger charge is -2.35. The van der Waals surface area contributed by atoms with E-state index in [1.165, 1.54) is 0 Å². The van der Waals surface area contributed by atoms with E-state index < -0.39 is 5.60 Å². The topological polar surface area (TPSA) is 97.3 Å². The lowest BCUT2D eigenvalue weighted by molar-refractivity contribution is 0.0146. The number of ether oxygens (including phenoxy) is 1. The molecule has 36 heavy (non-hydrogen) atoms. The van der Waals surface area contributed by atoms with Crippen LogP contribution in [0.1, 0.15) is 43.9 Å². The molecular weight excluding hydrogens is 452 g/mol. The van der Waals surface area contributed by atoms with Crippen LogP contribution in [0.25, 0.3) is 17.0 Å². The summed E-state index contributed by atoms with van der Waals surface area (Å²) in [6.07, 6.45) is 10.1. The molecule has 2 aromatic heterocycles. The Morgan fingerprint density at radius 3 is 2.72 bits per heavy atom. The third-order valence-corrected chi connectivity index (χ3v) is 6.29. The molecule has 2 N–H and O–H groups in total. The van der Waals surface area contributed by atoms with Gasteiger partial charge in [0, 0.05) is 73.5 Å². The minimum Gasteiger partial charge on any atom is -0.444 e.